The van der Waals surface area contributed by atoms with E-state index in [1.54, 1.807) is 0 Å². The number of hydrogen-bond donors (Lipinski definition) is 2. The van der Waals surface area contributed by atoms with Gasteiger partial charge in [0.15, 0.2) is 0 Å². The first-order chi connectivity index (χ1) is 8.29. The Hall–Kier alpha value is -0.740. The number of nitrogens with zero attached hydrogens (tertiary/aromatic N) is 2. The molecule has 0 aromatic heterocycles. The Morgan fingerprint density at radius 3 is 1.94 bits per heavy atom. The maximum absolute atomic E-state index is 5.51. The smallest absolute Gasteiger partial charge is 0.0863 e. The molecule has 4 nitrogen and oxygen atoms in total. The van der Waals surface area contributed by atoms with E-state index in [0.29, 0.717) is 6.67 Å². The third-order valence-corrected chi connectivity index (χ3v) is 2.50. The van der Waals surface area contributed by atoms with Crippen LogP contribution in [-0.2, 0) is 0 Å². The van der Waals surface area contributed by atoms with Gasteiger partial charge in [-0.2, -0.15) is 0 Å². The second kappa shape index (κ2) is 11.7. The molecular weight excluding hydrogens is 212 g/mol. The fourth-order valence-electron chi connectivity index (χ4n) is 1.68. The molecule has 100 valence electrons. The summed E-state index contributed by atoms with van der Waals surface area (Å²) in [5.74, 6) is 0. The third kappa shape index (κ3) is 8.05. The van der Waals surface area contributed by atoms with Crippen molar-refractivity contribution in [2.24, 2.45) is 21.5 Å². The molecule has 0 spiro atoms. The van der Waals surface area contributed by atoms with Crippen molar-refractivity contribution >= 4 is 11.4 Å². The Bertz CT molecular complexity index is 234. The van der Waals surface area contributed by atoms with E-state index >= 15 is 0 Å². The first-order valence-electron chi connectivity index (χ1n) is 6.77. The lowest BCUT2D eigenvalue weighted by Gasteiger charge is -2.09. The minimum Gasteiger partial charge on any atom is -0.330 e. The zero-order valence-electron chi connectivity index (χ0n) is 11.4. The van der Waals surface area contributed by atoms with Crippen molar-refractivity contribution < 1.29 is 0 Å². The van der Waals surface area contributed by atoms with Gasteiger partial charge in [0.05, 0.1) is 18.1 Å². The van der Waals surface area contributed by atoms with Crippen LogP contribution in [0, 0.1) is 0 Å². The van der Waals surface area contributed by atoms with Crippen LogP contribution >= 0.6 is 0 Å². The normalized spacial score (nSPS) is 13.2. The van der Waals surface area contributed by atoms with Gasteiger partial charge in [0, 0.05) is 6.54 Å². The molecule has 0 amide bonds. The maximum Gasteiger partial charge on any atom is 0.0863 e. The van der Waals surface area contributed by atoms with Gasteiger partial charge in [0.2, 0.25) is 0 Å². The topological polar surface area (TPSA) is 76.8 Å². The minimum atomic E-state index is 0.362. The van der Waals surface area contributed by atoms with Crippen LogP contribution in [0.15, 0.2) is 9.98 Å². The zero-order valence-corrected chi connectivity index (χ0v) is 11.4. The van der Waals surface area contributed by atoms with Gasteiger partial charge < -0.3 is 11.5 Å². The zero-order chi connectivity index (χ0) is 12.9. The number of nitrogens with two attached hydrogens (primary N) is 2. The molecule has 0 aliphatic rings. The molecule has 0 radical (unpaired) electrons. The molecule has 0 atom stereocenters. The van der Waals surface area contributed by atoms with Gasteiger partial charge in [0.25, 0.3) is 0 Å². The molecule has 0 unspecified atom stereocenters. The number of hydrogen-bond acceptors (Lipinski definition) is 4. The summed E-state index contributed by atoms with van der Waals surface area (Å²) in [6.45, 7) is 6.30. The van der Waals surface area contributed by atoms with Crippen molar-refractivity contribution in [1.29, 1.82) is 0 Å². The fraction of sp³-hybridized carbons (Fsp3) is 0.846. The summed E-state index contributed by atoms with van der Waals surface area (Å²) in [7, 11) is 0. The van der Waals surface area contributed by atoms with E-state index in [-0.39, 0.29) is 0 Å². The summed E-state index contributed by atoms with van der Waals surface area (Å²) in [6, 6.07) is 0. The number of unbranched alkanes of at least 4 members (excludes halogenated alkanes) is 1. The molecule has 17 heavy (non-hydrogen) atoms. The minimum absolute atomic E-state index is 0.362. The lowest BCUT2D eigenvalue weighted by atomic mass is 10.1. The molecule has 4 heteroatoms. The van der Waals surface area contributed by atoms with E-state index in [1.807, 2.05) is 0 Å². The van der Waals surface area contributed by atoms with Crippen molar-refractivity contribution in [3.8, 4) is 0 Å². The van der Waals surface area contributed by atoms with Gasteiger partial charge >= 0.3 is 0 Å². The molecule has 4 N–H and O–H groups in total. The lowest BCUT2D eigenvalue weighted by Crippen LogP contribution is -2.17. The summed E-state index contributed by atoms with van der Waals surface area (Å²) >= 11 is 0. The molecule has 0 aliphatic heterocycles. The maximum atomic E-state index is 5.51. The van der Waals surface area contributed by atoms with E-state index in [1.165, 1.54) is 0 Å². The standard InChI is InChI=1S/C13H28N4/c1-3-7-12(16-10-6-5-9-14)13(8-4-2)17-11-15/h3-11,14-15H2,1-2H3. The molecule has 0 saturated carbocycles. The Kier molecular flexibility index (Phi) is 11.2. The largest absolute Gasteiger partial charge is 0.330 e. The lowest BCUT2D eigenvalue weighted by molar-refractivity contribution is 0.754. The van der Waals surface area contributed by atoms with Crippen LogP contribution in [0.5, 0.6) is 0 Å². The predicted molar refractivity (Wildman–Crippen MR) is 76.9 cm³/mol. The molecule has 0 aromatic rings. The van der Waals surface area contributed by atoms with Crippen molar-refractivity contribution in [2.75, 3.05) is 19.8 Å². The summed E-state index contributed by atoms with van der Waals surface area (Å²) in [5.41, 5.74) is 13.2. The van der Waals surface area contributed by atoms with Gasteiger partial charge in [-0.15, -0.1) is 0 Å². The van der Waals surface area contributed by atoms with E-state index in [9.17, 15) is 0 Å². The molecular formula is C13H28N4. The Morgan fingerprint density at radius 1 is 0.882 bits per heavy atom. The molecule has 0 aliphatic carbocycles. The molecule has 0 fully saturated rings. The molecule has 0 bridgehead atoms. The Balaban J connectivity index is 4.48. The van der Waals surface area contributed by atoms with Crippen LogP contribution in [0.3, 0.4) is 0 Å². The quantitative estimate of drug-likeness (QED) is 0.453. The molecule has 0 heterocycles. The van der Waals surface area contributed by atoms with Gasteiger partial charge in [-0.05, 0) is 32.2 Å². The molecule has 0 rings (SSSR count). The van der Waals surface area contributed by atoms with Crippen molar-refractivity contribution in [3.63, 3.8) is 0 Å². The average molecular weight is 240 g/mol. The van der Waals surface area contributed by atoms with Crippen LogP contribution in [0.25, 0.3) is 0 Å². The highest BCUT2D eigenvalue weighted by Gasteiger charge is 2.06. The summed E-state index contributed by atoms with van der Waals surface area (Å²) < 4.78 is 0. The Morgan fingerprint density at radius 2 is 1.47 bits per heavy atom. The highest BCUT2D eigenvalue weighted by Crippen LogP contribution is 2.03. The third-order valence-electron chi connectivity index (χ3n) is 2.50. The predicted octanol–water partition coefficient (Wildman–Crippen LogP) is 2.12. The van der Waals surface area contributed by atoms with Crippen molar-refractivity contribution in [2.45, 2.75) is 52.4 Å². The second-order valence-electron chi connectivity index (χ2n) is 4.11. The van der Waals surface area contributed by atoms with E-state index in [4.69, 9.17) is 11.5 Å². The van der Waals surface area contributed by atoms with Gasteiger partial charge in [0.1, 0.15) is 0 Å². The van der Waals surface area contributed by atoms with Gasteiger partial charge in [-0.1, -0.05) is 26.7 Å². The highest BCUT2D eigenvalue weighted by molar-refractivity contribution is 6.42. The second-order valence-corrected chi connectivity index (χ2v) is 4.11. The summed E-state index contributed by atoms with van der Waals surface area (Å²) in [4.78, 5) is 9.03. The van der Waals surface area contributed by atoms with Crippen molar-refractivity contribution in [1.82, 2.24) is 0 Å². The van der Waals surface area contributed by atoms with Crippen LogP contribution in [0.2, 0.25) is 0 Å². The summed E-state index contributed by atoms with van der Waals surface area (Å²) in [5, 5.41) is 0. The first kappa shape index (κ1) is 16.3. The van der Waals surface area contributed by atoms with Gasteiger partial charge in [-0.3, -0.25) is 9.98 Å². The summed E-state index contributed by atoms with van der Waals surface area (Å²) in [6.07, 6.45) is 6.27. The first-order valence-corrected chi connectivity index (χ1v) is 6.77. The van der Waals surface area contributed by atoms with Crippen LogP contribution in [-0.4, -0.2) is 31.2 Å². The van der Waals surface area contributed by atoms with Gasteiger partial charge in [-0.25, -0.2) is 0 Å². The SMILES string of the molecule is CCCC(=NCN)C(CCC)=NCCCCN. The monoisotopic (exact) mass is 240 g/mol. The molecule has 0 aromatic carbocycles. The van der Waals surface area contributed by atoms with E-state index in [0.717, 1.165) is 63.0 Å². The van der Waals surface area contributed by atoms with E-state index in [2.05, 4.69) is 23.8 Å². The highest BCUT2D eigenvalue weighted by atomic mass is 14.9. The van der Waals surface area contributed by atoms with Crippen molar-refractivity contribution in [3.05, 3.63) is 0 Å². The number of aliphatic imine (C=N–C) groups is 2. The number of rotatable bonds is 10. The Labute approximate surface area is 106 Å². The van der Waals surface area contributed by atoms with Crippen LogP contribution in [0.4, 0.5) is 0 Å². The van der Waals surface area contributed by atoms with E-state index < -0.39 is 0 Å². The average Bonchev–Trinajstić information content (AvgIpc) is 2.33. The fourth-order valence-corrected chi connectivity index (χ4v) is 1.68. The molecule has 0 saturated heterocycles. The van der Waals surface area contributed by atoms with Crippen LogP contribution < -0.4 is 11.5 Å². The van der Waals surface area contributed by atoms with Crippen LogP contribution in [0.1, 0.15) is 52.4 Å².